The SMILES string of the molecule is CNS(=O)(=O)CCNC(=O)NC(COC)C(=O)O. The number of methoxy groups -OCH3 is 1. The van der Waals surface area contributed by atoms with Gasteiger partial charge in [0, 0.05) is 13.7 Å². The van der Waals surface area contributed by atoms with Gasteiger partial charge >= 0.3 is 12.0 Å². The van der Waals surface area contributed by atoms with Gasteiger partial charge in [-0.3, -0.25) is 0 Å². The molecule has 0 spiro atoms. The van der Waals surface area contributed by atoms with E-state index in [0.717, 1.165) is 0 Å². The van der Waals surface area contributed by atoms with Crippen LogP contribution in [0.25, 0.3) is 0 Å². The molecule has 0 aromatic carbocycles. The van der Waals surface area contributed by atoms with Crippen molar-refractivity contribution in [1.82, 2.24) is 15.4 Å². The van der Waals surface area contributed by atoms with Crippen LogP contribution in [0.2, 0.25) is 0 Å². The predicted octanol–water partition coefficient (Wildman–Crippen LogP) is -2.07. The first-order valence-corrected chi connectivity index (χ1v) is 6.65. The zero-order chi connectivity index (χ0) is 14.2. The van der Waals surface area contributed by atoms with Crippen molar-refractivity contribution in [3.63, 3.8) is 0 Å². The van der Waals surface area contributed by atoms with Crippen LogP contribution in [0.3, 0.4) is 0 Å². The molecule has 0 radical (unpaired) electrons. The Kier molecular flexibility index (Phi) is 7.24. The summed E-state index contributed by atoms with van der Waals surface area (Å²) in [5, 5.41) is 13.1. The molecule has 1 atom stereocenters. The van der Waals surface area contributed by atoms with Gasteiger partial charge < -0.3 is 20.5 Å². The van der Waals surface area contributed by atoms with Gasteiger partial charge in [-0.15, -0.1) is 0 Å². The van der Waals surface area contributed by atoms with Crippen molar-refractivity contribution >= 4 is 22.0 Å². The summed E-state index contributed by atoms with van der Waals surface area (Å²) in [5.74, 6) is -1.53. The van der Waals surface area contributed by atoms with Crippen LogP contribution in [-0.2, 0) is 19.6 Å². The number of rotatable bonds is 8. The molecule has 2 amide bonds. The number of carboxylic acid groups (broad SMARTS) is 1. The molecule has 18 heavy (non-hydrogen) atoms. The van der Waals surface area contributed by atoms with Crippen LogP contribution in [0.5, 0.6) is 0 Å². The summed E-state index contributed by atoms with van der Waals surface area (Å²) in [6, 6.07) is -1.96. The Balaban J connectivity index is 4.07. The third-order valence-electron chi connectivity index (χ3n) is 1.90. The Morgan fingerprint density at radius 2 is 2.00 bits per heavy atom. The number of ether oxygens (including phenoxy) is 1. The van der Waals surface area contributed by atoms with Crippen molar-refractivity contribution < 1.29 is 27.9 Å². The number of amides is 2. The second-order valence-electron chi connectivity index (χ2n) is 3.27. The van der Waals surface area contributed by atoms with Gasteiger partial charge in [0.05, 0.1) is 12.4 Å². The second-order valence-corrected chi connectivity index (χ2v) is 5.32. The highest BCUT2D eigenvalue weighted by molar-refractivity contribution is 7.89. The maximum atomic E-state index is 11.3. The first-order valence-electron chi connectivity index (χ1n) is 4.99. The molecular formula is C8H17N3O6S. The Morgan fingerprint density at radius 3 is 2.44 bits per heavy atom. The van der Waals surface area contributed by atoms with Crippen LogP contribution in [0.4, 0.5) is 4.79 Å². The lowest BCUT2D eigenvalue weighted by molar-refractivity contribution is -0.140. The smallest absolute Gasteiger partial charge is 0.328 e. The van der Waals surface area contributed by atoms with Gasteiger partial charge in [0.2, 0.25) is 10.0 Å². The molecule has 0 aliphatic carbocycles. The standard InChI is InChI=1S/C8H17N3O6S/c1-9-18(15,16)4-3-10-8(14)11-6(5-17-2)7(12)13/h6,9H,3-5H2,1-2H3,(H,12,13)(H2,10,11,14). The average molecular weight is 283 g/mol. The Hall–Kier alpha value is -1.39. The predicted molar refractivity (Wildman–Crippen MR) is 62.7 cm³/mol. The minimum Gasteiger partial charge on any atom is -0.480 e. The van der Waals surface area contributed by atoms with Gasteiger partial charge in [0.25, 0.3) is 0 Å². The van der Waals surface area contributed by atoms with E-state index in [1.54, 1.807) is 0 Å². The van der Waals surface area contributed by atoms with Crippen molar-refractivity contribution in [2.75, 3.05) is 33.1 Å². The molecule has 0 aromatic rings. The number of aliphatic carboxylic acids is 1. The van der Waals surface area contributed by atoms with Gasteiger partial charge in [0.15, 0.2) is 6.04 Å². The second kappa shape index (κ2) is 7.84. The highest BCUT2D eigenvalue weighted by atomic mass is 32.2. The number of carbonyl (C=O) groups excluding carboxylic acids is 1. The average Bonchev–Trinajstić information content (AvgIpc) is 2.28. The highest BCUT2D eigenvalue weighted by Crippen LogP contribution is 1.86. The van der Waals surface area contributed by atoms with Crippen molar-refractivity contribution in [2.24, 2.45) is 0 Å². The molecule has 0 rings (SSSR count). The Bertz CT molecular complexity index is 382. The van der Waals surface area contributed by atoms with Gasteiger partial charge in [-0.05, 0) is 7.05 Å². The molecule has 9 nitrogen and oxygen atoms in total. The molecular weight excluding hydrogens is 266 g/mol. The normalized spacial score (nSPS) is 12.8. The van der Waals surface area contributed by atoms with Crippen molar-refractivity contribution in [2.45, 2.75) is 6.04 Å². The van der Waals surface area contributed by atoms with Crippen molar-refractivity contribution in [1.29, 1.82) is 0 Å². The minimum atomic E-state index is -3.40. The third-order valence-corrected chi connectivity index (χ3v) is 3.27. The van der Waals surface area contributed by atoms with E-state index in [1.165, 1.54) is 14.2 Å². The molecule has 0 bridgehead atoms. The van der Waals surface area contributed by atoms with Crippen LogP contribution >= 0.6 is 0 Å². The molecule has 0 saturated heterocycles. The van der Waals surface area contributed by atoms with Crippen molar-refractivity contribution in [3.05, 3.63) is 0 Å². The summed E-state index contributed by atoms with van der Waals surface area (Å²) in [5.41, 5.74) is 0. The number of hydrogen-bond acceptors (Lipinski definition) is 5. The van der Waals surface area contributed by atoms with E-state index < -0.39 is 28.1 Å². The van der Waals surface area contributed by atoms with E-state index >= 15 is 0 Å². The van der Waals surface area contributed by atoms with Gasteiger partial charge in [-0.25, -0.2) is 22.7 Å². The van der Waals surface area contributed by atoms with Crippen LogP contribution in [-0.4, -0.2) is 64.6 Å². The van der Waals surface area contributed by atoms with E-state index in [4.69, 9.17) is 5.11 Å². The van der Waals surface area contributed by atoms with Gasteiger partial charge in [0.1, 0.15) is 0 Å². The first kappa shape index (κ1) is 16.6. The lowest BCUT2D eigenvalue weighted by atomic mass is 10.3. The number of sulfonamides is 1. The van der Waals surface area contributed by atoms with Gasteiger partial charge in [-0.2, -0.15) is 0 Å². The lowest BCUT2D eigenvalue weighted by Gasteiger charge is -2.14. The largest absolute Gasteiger partial charge is 0.480 e. The molecule has 4 N–H and O–H groups in total. The summed E-state index contributed by atoms with van der Waals surface area (Å²) >= 11 is 0. The summed E-state index contributed by atoms with van der Waals surface area (Å²) < 4.78 is 28.7. The minimum absolute atomic E-state index is 0.131. The number of hydrogen-bond donors (Lipinski definition) is 4. The van der Waals surface area contributed by atoms with E-state index in [2.05, 4.69) is 20.1 Å². The molecule has 0 heterocycles. The monoisotopic (exact) mass is 283 g/mol. The molecule has 10 heteroatoms. The summed E-state index contributed by atoms with van der Waals surface area (Å²) in [6.45, 7) is -0.314. The van der Waals surface area contributed by atoms with E-state index in [0.29, 0.717) is 0 Å². The van der Waals surface area contributed by atoms with Crippen molar-refractivity contribution in [3.8, 4) is 0 Å². The highest BCUT2D eigenvalue weighted by Gasteiger charge is 2.19. The van der Waals surface area contributed by atoms with Crippen LogP contribution in [0, 0.1) is 0 Å². The molecule has 1 unspecified atom stereocenters. The summed E-state index contributed by atoms with van der Waals surface area (Å²) in [7, 11) is -0.845. The topological polar surface area (TPSA) is 134 Å². The summed E-state index contributed by atoms with van der Waals surface area (Å²) in [6.07, 6.45) is 0. The quantitative estimate of drug-likeness (QED) is 0.404. The molecule has 0 aliphatic heterocycles. The molecule has 0 aliphatic rings. The van der Waals surface area contributed by atoms with E-state index in [1.807, 2.05) is 0 Å². The fourth-order valence-electron chi connectivity index (χ4n) is 0.952. The third kappa shape index (κ3) is 7.04. The fraction of sp³-hybridized carbons (Fsp3) is 0.750. The number of urea groups is 1. The number of carboxylic acids is 1. The number of carbonyl (C=O) groups is 2. The molecule has 0 aromatic heterocycles. The maximum Gasteiger partial charge on any atom is 0.328 e. The molecule has 0 fully saturated rings. The fourth-order valence-corrected chi connectivity index (χ4v) is 1.53. The maximum absolute atomic E-state index is 11.3. The first-order chi connectivity index (χ1) is 8.32. The van der Waals surface area contributed by atoms with Gasteiger partial charge in [-0.1, -0.05) is 0 Å². The Morgan fingerprint density at radius 1 is 1.39 bits per heavy atom. The summed E-state index contributed by atoms with van der Waals surface area (Å²) in [4.78, 5) is 21.9. The lowest BCUT2D eigenvalue weighted by Crippen LogP contribution is -2.49. The molecule has 0 saturated carbocycles. The molecule has 106 valence electrons. The van der Waals surface area contributed by atoms with E-state index in [-0.39, 0.29) is 18.9 Å². The van der Waals surface area contributed by atoms with E-state index in [9.17, 15) is 18.0 Å². The Labute approximate surface area is 105 Å². The zero-order valence-electron chi connectivity index (χ0n) is 10.1. The van der Waals surface area contributed by atoms with Crippen LogP contribution in [0.15, 0.2) is 0 Å². The zero-order valence-corrected chi connectivity index (χ0v) is 10.9. The van der Waals surface area contributed by atoms with Crippen LogP contribution < -0.4 is 15.4 Å². The number of nitrogens with one attached hydrogen (secondary N) is 3. The van der Waals surface area contributed by atoms with Crippen LogP contribution in [0.1, 0.15) is 0 Å².